The van der Waals surface area contributed by atoms with Crippen LogP contribution in [0.4, 0.5) is 18.9 Å². The van der Waals surface area contributed by atoms with Crippen LogP contribution in [0.5, 0.6) is 0 Å². The number of halogens is 3. The summed E-state index contributed by atoms with van der Waals surface area (Å²) >= 11 is 0. The number of nitrogens with one attached hydrogen (secondary N) is 1. The van der Waals surface area contributed by atoms with Gasteiger partial charge in [-0.3, -0.25) is 4.98 Å². The first kappa shape index (κ1) is 15.8. The topological polar surface area (TPSA) is 28.2 Å². The van der Waals surface area contributed by atoms with Crippen molar-refractivity contribution in [3.05, 3.63) is 24.0 Å². The highest BCUT2D eigenvalue weighted by molar-refractivity contribution is 5.45. The van der Waals surface area contributed by atoms with Gasteiger partial charge < -0.3 is 10.2 Å². The molecule has 0 bridgehead atoms. The molecule has 1 aromatic heterocycles. The summed E-state index contributed by atoms with van der Waals surface area (Å²) in [6.07, 6.45) is -2.66. The summed E-state index contributed by atoms with van der Waals surface area (Å²) in [6, 6.07) is 3.26. The monoisotopic (exact) mass is 275 g/mol. The average Bonchev–Trinajstić information content (AvgIpc) is 2.26. The summed E-state index contributed by atoms with van der Waals surface area (Å²) in [5.41, 5.74) is 1.26. The molecule has 0 unspecified atom stereocenters. The van der Waals surface area contributed by atoms with Crippen molar-refractivity contribution in [2.45, 2.75) is 26.6 Å². The number of nitrogens with zero attached hydrogens (tertiary/aromatic N) is 2. The first-order valence-corrected chi connectivity index (χ1v) is 6.21. The summed E-state index contributed by atoms with van der Waals surface area (Å²) in [5.74, 6) is 0.524. The zero-order valence-corrected chi connectivity index (χ0v) is 11.5. The third-order valence-corrected chi connectivity index (χ3v) is 2.52. The van der Waals surface area contributed by atoms with Crippen LogP contribution in [0, 0.1) is 5.92 Å². The van der Waals surface area contributed by atoms with Gasteiger partial charge in [0.25, 0.3) is 0 Å². The van der Waals surface area contributed by atoms with Gasteiger partial charge >= 0.3 is 6.18 Å². The van der Waals surface area contributed by atoms with E-state index in [9.17, 15) is 13.2 Å². The molecule has 19 heavy (non-hydrogen) atoms. The number of hydrogen-bond acceptors (Lipinski definition) is 3. The molecule has 0 aromatic carbocycles. The van der Waals surface area contributed by atoms with Gasteiger partial charge in [-0.25, -0.2) is 0 Å². The molecule has 1 N–H and O–H groups in total. The Hall–Kier alpha value is -1.30. The van der Waals surface area contributed by atoms with Gasteiger partial charge in [0.1, 0.15) is 6.54 Å². The summed E-state index contributed by atoms with van der Waals surface area (Å²) < 4.78 is 36.9. The van der Waals surface area contributed by atoms with Crippen LogP contribution >= 0.6 is 0 Å². The second-order valence-corrected chi connectivity index (χ2v) is 5.00. The number of alkyl halides is 3. The number of rotatable bonds is 6. The van der Waals surface area contributed by atoms with Crippen LogP contribution in [0.3, 0.4) is 0 Å². The van der Waals surface area contributed by atoms with Crippen molar-refractivity contribution in [1.82, 2.24) is 10.3 Å². The van der Waals surface area contributed by atoms with E-state index in [2.05, 4.69) is 24.1 Å². The lowest BCUT2D eigenvalue weighted by molar-refractivity contribution is -0.119. The predicted octanol–water partition coefficient (Wildman–Crippen LogP) is 2.83. The molecule has 0 aliphatic heterocycles. The highest BCUT2D eigenvalue weighted by Crippen LogP contribution is 2.20. The molecular weight excluding hydrogens is 255 g/mol. The Morgan fingerprint density at radius 1 is 1.37 bits per heavy atom. The van der Waals surface area contributed by atoms with Gasteiger partial charge in [0.2, 0.25) is 0 Å². The molecule has 3 nitrogen and oxygen atoms in total. The van der Waals surface area contributed by atoms with Crippen molar-refractivity contribution < 1.29 is 13.2 Å². The van der Waals surface area contributed by atoms with E-state index in [1.807, 2.05) is 0 Å². The fraction of sp³-hybridized carbons (Fsp3) is 0.615. The van der Waals surface area contributed by atoms with E-state index in [0.29, 0.717) is 18.2 Å². The summed E-state index contributed by atoms with van der Waals surface area (Å²) in [4.78, 5) is 5.32. The van der Waals surface area contributed by atoms with E-state index < -0.39 is 12.7 Å². The average molecular weight is 275 g/mol. The van der Waals surface area contributed by atoms with Gasteiger partial charge in [-0.05, 0) is 24.6 Å². The molecule has 0 atom stereocenters. The van der Waals surface area contributed by atoms with Crippen molar-refractivity contribution in [3.63, 3.8) is 0 Å². The highest BCUT2D eigenvalue weighted by Gasteiger charge is 2.29. The molecule has 0 amide bonds. The lowest BCUT2D eigenvalue weighted by Crippen LogP contribution is -2.31. The third-order valence-electron chi connectivity index (χ3n) is 2.52. The predicted molar refractivity (Wildman–Crippen MR) is 70.1 cm³/mol. The Balaban J connectivity index is 2.61. The lowest BCUT2D eigenvalue weighted by atomic mass is 10.2. The van der Waals surface area contributed by atoms with E-state index in [0.717, 1.165) is 12.2 Å². The van der Waals surface area contributed by atoms with E-state index in [4.69, 9.17) is 0 Å². The van der Waals surface area contributed by atoms with E-state index in [1.165, 1.54) is 18.1 Å². The van der Waals surface area contributed by atoms with E-state index in [1.54, 1.807) is 12.1 Å². The number of pyridine rings is 1. The molecule has 0 aliphatic rings. The molecule has 0 fully saturated rings. The van der Waals surface area contributed by atoms with Crippen molar-refractivity contribution in [2.75, 3.05) is 25.0 Å². The van der Waals surface area contributed by atoms with Crippen molar-refractivity contribution >= 4 is 5.69 Å². The molecule has 108 valence electrons. The maximum atomic E-state index is 12.3. The maximum absolute atomic E-state index is 12.3. The molecule has 6 heteroatoms. The van der Waals surface area contributed by atoms with Gasteiger partial charge in [-0.15, -0.1) is 0 Å². The molecule has 0 radical (unpaired) electrons. The van der Waals surface area contributed by atoms with Crippen LogP contribution in [0.2, 0.25) is 0 Å². The van der Waals surface area contributed by atoms with Crippen molar-refractivity contribution in [3.8, 4) is 0 Å². The van der Waals surface area contributed by atoms with Gasteiger partial charge in [0.15, 0.2) is 0 Å². The molecule has 1 heterocycles. The molecule has 0 saturated carbocycles. The quantitative estimate of drug-likeness (QED) is 0.865. The molecule has 1 aromatic rings. The van der Waals surface area contributed by atoms with Crippen LogP contribution in [0.25, 0.3) is 0 Å². The Labute approximate surface area is 111 Å². The SMILES string of the molecule is CC(C)CNCc1cc(N(C)CC(F)(F)F)ccn1. The Morgan fingerprint density at radius 3 is 2.63 bits per heavy atom. The van der Waals surface area contributed by atoms with Crippen LogP contribution in [-0.2, 0) is 6.54 Å². The Bertz CT molecular complexity index is 391. The van der Waals surface area contributed by atoms with Crippen molar-refractivity contribution in [1.29, 1.82) is 0 Å². The van der Waals surface area contributed by atoms with E-state index in [-0.39, 0.29) is 0 Å². The minimum atomic E-state index is -4.20. The number of aromatic nitrogens is 1. The highest BCUT2D eigenvalue weighted by atomic mass is 19.4. The van der Waals surface area contributed by atoms with Crippen LogP contribution in [0.15, 0.2) is 18.3 Å². The van der Waals surface area contributed by atoms with Crippen molar-refractivity contribution in [2.24, 2.45) is 5.92 Å². The minimum absolute atomic E-state index is 0.522. The maximum Gasteiger partial charge on any atom is 0.405 e. The number of hydrogen-bond donors (Lipinski definition) is 1. The van der Waals surface area contributed by atoms with Crippen LogP contribution < -0.4 is 10.2 Å². The van der Waals surface area contributed by atoms with Gasteiger partial charge in [0, 0.05) is 25.5 Å². The first-order chi connectivity index (χ1) is 8.78. The fourth-order valence-corrected chi connectivity index (χ4v) is 1.65. The summed E-state index contributed by atoms with van der Waals surface area (Å²) in [7, 11) is 1.42. The normalized spacial score (nSPS) is 11.9. The van der Waals surface area contributed by atoms with Gasteiger partial charge in [0.05, 0.1) is 5.69 Å². The zero-order valence-electron chi connectivity index (χ0n) is 11.5. The van der Waals surface area contributed by atoms with Gasteiger partial charge in [-0.1, -0.05) is 13.8 Å². The lowest BCUT2D eigenvalue weighted by Gasteiger charge is -2.21. The minimum Gasteiger partial charge on any atom is -0.366 e. The fourth-order valence-electron chi connectivity index (χ4n) is 1.65. The summed E-state index contributed by atoms with van der Waals surface area (Å²) in [6.45, 7) is 4.63. The zero-order chi connectivity index (χ0) is 14.5. The largest absolute Gasteiger partial charge is 0.405 e. The van der Waals surface area contributed by atoms with E-state index >= 15 is 0 Å². The van der Waals surface area contributed by atoms with Crippen LogP contribution in [-0.4, -0.2) is 31.3 Å². The molecule has 0 saturated heterocycles. The molecule has 0 spiro atoms. The Kier molecular flexibility index (Phi) is 5.60. The third kappa shape index (κ3) is 6.42. The molecule has 1 rings (SSSR count). The first-order valence-electron chi connectivity index (χ1n) is 6.21. The second-order valence-electron chi connectivity index (χ2n) is 5.00. The Morgan fingerprint density at radius 2 is 2.05 bits per heavy atom. The second kappa shape index (κ2) is 6.75. The smallest absolute Gasteiger partial charge is 0.366 e. The molecular formula is C13H20F3N3. The van der Waals surface area contributed by atoms with Crippen LogP contribution in [0.1, 0.15) is 19.5 Å². The molecule has 0 aliphatic carbocycles. The van der Waals surface area contributed by atoms with Gasteiger partial charge in [-0.2, -0.15) is 13.2 Å². The standard InChI is InChI=1S/C13H20F3N3/c1-10(2)7-17-8-11-6-12(4-5-18-11)19(3)9-13(14,15)16/h4-6,10,17H,7-9H2,1-3H3. The number of anilines is 1. The summed E-state index contributed by atoms with van der Waals surface area (Å²) in [5, 5.41) is 3.21.